The average Bonchev–Trinajstić information content (AvgIpc) is 3.02. The van der Waals surface area contributed by atoms with Crippen LogP contribution in [0.1, 0.15) is 16.8 Å². The van der Waals surface area contributed by atoms with Crippen molar-refractivity contribution in [3.63, 3.8) is 0 Å². The van der Waals surface area contributed by atoms with E-state index in [0.29, 0.717) is 19.6 Å². The van der Waals surface area contributed by atoms with E-state index in [9.17, 15) is 26.4 Å². The highest BCUT2D eigenvalue weighted by molar-refractivity contribution is 7.89. The summed E-state index contributed by atoms with van der Waals surface area (Å²) in [4.78, 5) is 11.7. The predicted molar refractivity (Wildman–Crippen MR) is 92.9 cm³/mol. The van der Waals surface area contributed by atoms with Crippen LogP contribution >= 0.6 is 12.4 Å². The standard InChI is InChI=1S/C15H20F3N3O3S.ClH/c1-19-8-11-5-6-21(9-11)25(23,24)13-4-2-3-12(7-13)14(22)20-10-15(16,17)18;/h2-4,7,11,19H,5-6,8-10H2,1H3,(H,20,22);1H. The van der Waals surface area contributed by atoms with Crippen LogP contribution in [0.25, 0.3) is 0 Å². The molecule has 0 saturated carbocycles. The number of halogens is 4. The van der Waals surface area contributed by atoms with Gasteiger partial charge in [0.05, 0.1) is 4.90 Å². The zero-order chi connectivity index (χ0) is 18.7. The number of sulfonamides is 1. The van der Waals surface area contributed by atoms with Crippen LogP contribution in [-0.2, 0) is 10.0 Å². The first-order valence-corrected chi connectivity index (χ1v) is 9.17. The molecule has 148 valence electrons. The van der Waals surface area contributed by atoms with Crippen LogP contribution in [0.4, 0.5) is 13.2 Å². The molecule has 0 spiro atoms. The van der Waals surface area contributed by atoms with Crippen molar-refractivity contribution in [1.82, 2.24) is 14.9 Å². The van der Waals surface area contributed by atoms with Crippen molar-refractivity contribution in [2.24, 2.45) is 5.92 Å². The third kappa shape index (κ3) is 5.83. The second-order valence-electron chi connectivity index (χ2n) is 5.90. The maximum absolute atomic E-state index is 12.7. The first-order valence-electron chi connectivity index (χ1n) is 7.73. The molecule has 0 bridgehead atoms. The summed E-state index contributed by atoms with van der Waals surface area (Å²) in [6.07, 6.45) is -3.80. The Labute approximate surface area is 156 Å². The average molecular weight is 416 g/mol. The van der Waals surface area contributed by atoms with E-state index >= 15 is 0 Å². The minimum absolute atomic E-state index is 0. The van der Waals surface area contributed by atoms with Crippen LogP contribution < -0.4 is 10.6 Å². The molecule has 1 aliphatic heterocycles. The van der Waals surface area contributed by atoms with Gasteiger partial charge in [0.25, 0.3) is 5.91 Å². The van der Waals surface area contributed by atoms with Crippen LogP contribution in [0.2, 0.25) is 0 Å². The van der Waals surface area contributed by atoms with Crippen molar-refractivity contribution in [1.29, 1.82) is 0 Å². The monoisotopic (exact) mass is 415 g/mol. The summed E-state index contributed by atoms with van der Waals surface area (Å²) in [7, 11) is -1.99. The number of hydrogen-bond donors (Lipinski definition) is 2. The lowest BCUT2D eigenvalue weighted by atomic mass is 10.1. The summed E-state index contributed by atoms with van der Waals surface area (Å²) in [6, 6.07) is 5.06. The normalized spacial score (nSPS) is 18.4. The molecule has 0 aromatic heterocycles. The Hall–Kier alpha value is -1.36. The van der Waals surface area contributed by atoms with Gasteiger partial charge in [0.1, 0.15) is 6.54 Å². The fraction of sp³-hybridized carbons (Fsp3) is 0.533. The van der Waals surface area contributed by atoms with E-state index in [2.05, 4.69) is 5.32 Å². The molecular formula is C15H21ClF3N3O3S. The van der Waals surface area contributed by atoms with Crippen molar-refractivity contribution in [3.05, 3.63) is 29.8 Å². The number of carbonyl (C=O) groups excluding carboxylic acids is 1. The van der Waals surface area contributed by atoms with Gasteiger partial charge in [0, 0.05) is 18.7 Å². The first kappa shape index (κ1) is 22.7. The number of carbonyl (C=O) groups is 1. The second kappa shape index (κ2) is 9.03. The van der Waals surface area contributed by atoms with E-state index in [-0.39, 0.29) is 28.8 Å². The van der Waals surface area contributed by atoms with Gasteiger partial charge in [0.2, 0.25) is 10.0 Å². The Morgan fingerprint density at radius 2 is 2.04 bits per heavy atom. The molecular weight excluding hydrogens is 395 g/mol. The Morgan fingerprint density at radius 1 is 1.35 bits per heavy atom. The van der Waals surface area contributed by atoms with E-state index in [1.807, 2.05) is 0 Å². The Kier molecular flexibility index (Phi) is 7.87. The highest BCUT2D eigenvalue weighted by Crippen LogP contribution is 2.24. The van der Waals surface area contributed by atoms with Crippen LogP contribution in [0.3, 0.4) is 0 Å². The lowest BCUT2D eigenvalue weighted by Gasteiger charge is -2.17. The number of hydrogen-bond acceptors (Lipinski definition) is 4. The molecule has 0 radical (unpaired) electrons. The fourth-order valence-electron chi connectivity index (χ4n) is 2.70. The van der Waals surface area contributed by atoms with Crippen molar-refractivity contribution >= 4 is 28.3 Å². The third-order valence-corrected chi connectivity index (χ3v) is 5.79. The molecule has 26 heavy (non-hydrogen) atoms. The smallest absolute Gasteiger partial charge is 0.343 e. The minimum Gasteiger partial charge on any atom is -0.343 e. The van der Waals surface area contributed by atoms with E-state index in [0.717, 1.165) is 12.5 Å². The van der Waals surface area contributed by atoms with Gasteiger partial charge in [0.15, 0.2) is 0 Å². The van der Waals surface area contributed by atoms with E-state index in [4.69, 9.17) is 0 Å². The minimum atomic E-state index is -4.53. The Bertz CT molecular complexity index is 728. The molecule has 2 N–H and O–H groups in total. The van der Waals surface area contributed by atoms with Gasteiger partial charge in [-0.15, -0.1) is 12.4 Å². The van der Waals surface area contributed by atoms with Crippen LogP contribution in [0.5, 0.6) is 0 Å². The van der Waals surface area contributed by atoms with Gasteiger partial charge in [-0.3, -0.25) is 4.79 Å². The molecule has 1 aromatic rings. The van der Waals surface area contributed by atoms with Gasteiger partial charge < -0.3 is 10.6 Å². The quantitative estimate of drug-likeness (QED) is 0.740. The molecule has 0 aliphatic carbocycles. The fourth-order valence-corrected chi connectivity index (χ4v) is 4.28. The maximum atomic E-state index is 12.7. The number of nitrogens with zero attached hydrogens (tertiary/aromatic N) is 1. The summed E-state index contributed by atoms with van der Waals surface area (Å²) in [5, 5.41) is 4.74. The van der Waals surface area contributed by atoms with Crippen molar-refractivity contribution in [2.45, 2.75) is 17.5 Å². The van der Waals surface area contributed by atoms with E-state index in [1.165, 1.54) is 22.5 Å². The van der Waals surface area contributed by atoms with Gasteiger partial charge in [-0.05, 0) is 44.1 Å². The zero-order valence-electron chi connectivity index (χ0n) is 14.0. The molecule has 1 saturated heterocycles. The summed E-state index contributed by atoms with van der Waals surface area (Å²) >= 11 is 0. The van der Waals surface area contributed by atoms with Crippen molar-refractivity contribution in [2.75, 3.05) is 33.2 Å². The van der Waals surface area contributed by atoms with Gasteiger partial charge >= 0.3 is 6.18 Å². The van der Waals surface area contributed by atoms with E-state index in [1.54, 1.807) is 12.4 Å². The molecule has 1 aliphatic rings. The van der Waals surface area contributed by atoms with Crippen LogP contribution in [-0.4, -0.2) is 58.0 Å². The second-order valence-corrected chi connectivity index (χ2v) is 7.84. The number of amides is 1. The molecule has 1 aromatic carbocycles. The summed E-state index contributed by atoms with van der Waals surface area (Å²) in [5.41, 5.74) is -0.128. The Balaban J connectivity index is 0.00000338. The van der Waals surface area contributed by atoms with Crippen molar-refractivity contribution in [3.8, 4) is 0 Å². The lowest BCUT2D eigenvalue weighted by molar-refractivity contribution is -0.123. The molecule has 1 amide bonds. The lowest BCUT2D eigenvalue weighted by Crippen LogP contribution is -2.34. The third-order valence-electron chi connectivity index (χ3n) is 3.92. The number of benzene rings is 1. The zero-order valence-corrected chi connectivity index (χ0v) is 15.7. The largest absolute Gasteiger partial charge is 0.405 e. The summed E-state index contributed by atoms with van der Waals surface area (Å²) in [6.45, 7) is -0.0284. The topological polar surface area (TPSA) is 78.5 Å². The molecule has 11 heteroatoms. The first-order chi connectivity index (χ1) is 11.6. The van der Waals surface area contributed by atoms with Gasteiger partial charge in [-0.2, -0.15) is 17.5 Å². The highest BCUT2D eigenvalue weighted by Gasteiger charge is 2.33. The molecule has 1 atom stereocenters. The van der Waals surface area contributed by atoms with Gasteiger partial charge in [-0.1, -0.05) is 6.07 Å². The molecule has 1 heterocycles. The number of alkyl halides is 3. The molecule has 2 rings (SSSR count). The van der Waals surface area contributed by atoms with E-state index < -0.39 is 28.7 Å². The van der Waals surface area contributed by atoms with Crippen LogP contribution in [0.15, 0.2) is 29.2 Å². The molecule has 1 unspecified atom stereocenters. The molecule has 1 fully saturated rings. The van der Waals surface area contributed by atoms with Gasteiger partial charge in [-0.25, -0.2) is 8.42 Å². The van der Waals surface area contributed by atoms with Crippen molar-refractivity contribution < 1.29 is 26.4 Å². The number of nitrogens with one attached hydrogen (secondary N) is 2. The molecule has 6 nitrogen and oxygen atoms in total. The predicted octanol–water partition coefficient (Wildman–Crippen LogP) is 1.63. The number of rotatable bonds is 6. The summed E-state index contributed by atoms with van der Waals surface area (Å²) in [5.74, 6) is -0.762. The summed E-state index contributed by atoms with van der Waals surface area (Å²) < 4.78 is 63.2. The van der Waals surface area contributed by atoms with Crippen LogP contribution in [0, 0.1) is 5.92 Å². The Morgan fingerprint density at radius 3 is 2.65 bits per heavy atom. The maximum Gasteiger partial charge on any atom is 0.405 e. The SMILES string of the molecule is CNCC1CCN(S(=O)(=O)c2cccc(C(=O)NCC(F)(F)F)c2)C1.Cl. The highest BCUT2D eigenvalue weighted by atomic mass is 35.5.